The first kappa shape index (κ1) is 22.6. The summed E-state index contributed by atoms with van der Waals surface area (Å²) in [7, 11) is 1.61. The van der Waals surface area contributed by atoms with Gasteiger partial charge in [0.25, 0.3) is 0 Å². The number of carbonyl (C=O) groups excluding carboxylic acids is 2. The third-order valence-electron chi connectivity index (χ3n) is 4.17. The van der Waals surface area contributed by atoms with Crippen LogP contribution in [0.5, 0.6) is 5.75 Å². The van der Waals surface area contributed by atoms with E-state index < -0.39 is 23.4 Å². The molecule has 1 aromatic rings. The van der Waals surface area contributed by atoms with Crippen LogP contribution in [-0.4, -0.2) is 41.5 Å². The summed E-state index contributed by atoms with van der Waals surface area (Å²) >= 11 is 0. The van der Waals surface area contributed by atoms with Crippen molar-refractivity contribution in [3.63, 3.8) is 0 Å². The van der Waals surface area contributed by atoms with Crippen LogP contribution in [0.4, 0.5) is 9.59 Å². The maximum atomic E-state index is 13.0. The minimum atomic E-state index is -0.714. The monoisotopic (exact) mass is 404 g/mol. The summed E-state index contributed by atoms with van der Waals surface area (Å²) in [4.78, 5) is 25.4. The van der Waals surface area contributed by atoms with Crippen molar-refractivity contribution < 1.29 is 23.8 Å². The van der Waals surface area contributed by atoms with Gasteiger partial charge in [-0.3, -0.25) is 0 Å². The van der Waals surface area contributed by atoms with Crippen LogP contribution in [0.25, 0.3) is 0 Å². The van der Waals surface area contributed by atoms with Crippen molar-refractivity contribution in [2.24, 2.45) is 0 Å². The van der Waals surface area contributed by atoms with Gasteiger partial charge >= 0.3 is 12.2 Å². The number of hydrogen-bond acceptors (Lipinski definition) is 5. The number of methoxy groups -OCH3 is 1. The van der Waals surface area contributed by atoms with Crippen LogP contribution in [0.15, 0.2) is 36.4 Å². The molecule has 1 aromatic carbocycles. The highest BCUT2D eigenvalue weighted by Gasteiger charge is 2.38. The van der Waals surface area contributed by atoms with Gasteiger partial charge in [0.05, 0.1) is 13.2 Å². The number of amides is 2. The zero-order chi connectivity index (χ0) is 21.8. The number of rotatable bonds is 3. The summed E-state index contributed by atoms with van der Waals surface area (Å²) in [5.41, 5.74) is 2.11. The van der Waals surface area contributed by atoms with Crippen LogP contribution in [0.1, 0.15) is 59.4 Å². The number of hydrogen-bond donors (Lipinski definition) is 1. The third kappa shape index (κ3) is 6.41. The molecule has 0 bridgehead atoms. The molecule has 1 aliphatic carbocycles. The van der Waals surface area contributed by atoms with Crippen LogP contribution >= 0.6 is 0 Å². The second kappa shape index (κ2) is 8.76. The Morgan fingerprint density at radius 2 is 1.66 bits per heavy atom. The van der Waals surface area contributed by atoms with Gasteiger partial charge in [-0.2, -0.15) is 0 Å². The first-order chi connectivity index (χ1) is 13.4. The van der Waals surface area contributed by atoms with Crippen molar-refractivity contribution in [2.45, 2.75) is 71.1 Å². The Morgan fingerprint density at radius 3 is 2.24 bits per heavy atom. The Balaban J connectivity index is 2.33. The van der Waals surface area contributed by atoms with Gasteiger partial charge in [0.2, 0.25) is 0 Å². The normalized spacial score (nSPS) is 18.9. The molecule has 0 radical (unpaired) electrons. The largest absolute Gasteiger partial charge is 0.496 e. The number of nitrogens with zero attached hydrogens (tertiary/aromatic N) is 1. The molecule has 2 rings (SSSR count). The van der Waals surface area contributed by atoms with Gasteiger partial charge in [-0.25, -0.2) is 20.0 Å². The van der Waals surface area contributed by atoms with Gasteiger partial charge in [-0.05, 0) is 54.0 Å². The Hall–Kier alpha value is -2.70. The number of benzene rings is 1. The van der Waals surface area contributed by atoms with Crippen molar-refractivity contribution in [2.75, 3.05) is 7.11 Å². The number of hydrazine groups is 1. The first-order valence-electron chi connectivity index (χ1n) is 9.73. The lowest BCUT2D eigenvalue weighted by Crippen LogP contribution is -2.55. The predicted octanol–water partition coefficient (Wildman–Crippen LogP) is 4.78. The number of para-hydroxylation sites is 1. The molecule has 0 fully saturated rings. The van der Waals surface area contributed by atoms with Gasteiger partial charge in [-0.15, -0.1) is 0 Å². The average Bonchev–Trinajstić information content (AvgIpc) is 3.05. The summed E-state index contributed by atoms with van der Waals surface area (Å²) in [5.74, 6) is 0.545. The number of ether oxygens (including phenoxy) is 3. The topological polar surface area (TPSA) is 77.1 Å². The van der Waals surface area contributed by atoms with Gasteiger partial charge in [0.1, 0.15) is 17.0 Å². The zero-order valence-corrected chi connectivity index (χ0v) is 18.3. The van der Waals surface area contributed by atoms with Gasteiger partial charge in [0.15, 0.2) is 0 Å². The minimum Gasteiger partial charge on any atom is -0.496 e. The van der Waals surface area contributed by atoms with E-state index in [1.807, 2.05) is 36.4 Å². The van der Waals surface area contributed by atoms with E-state index in [0.717, 1.165) is 11.3 Å². The zero-order valence-electron chi connectivity index (χ0n) is 18.3. The molecule has 160 valence electrons. The molecule has 0 unspecified atom stereocenters. The van der Waals surface area contributed by atoms with E-state index in [-0.39, 0.29) is 12.0 Å². The molecule has 2 atom stereocenters. The Kier molecular flexibility index (Phi) is 6.82. The van der Waals surface area contributed by atoms with Gasteiger partial charge in [0, 0.05) is 11.5 Å². The second-order valence-corrected chi connectivity index (χ2v) is 8.96. The summed E-state index contributed by atoms with van der Waals surface area (Å²) in [6.07, 6.45) is 3.19. The van der Waals surface area contributed by atoms with Crippen molar-refractivity contribution in [3.8, 4) is 5.75 Å². The lowest BCUT2D eigenvalue weighted by Gasteiger charge is -2.35. The Morgan fingerprint density at radius 1 is 1.03 bits per heavy atom. The van der Waals surface area contributed by atoms with Crippen molar-refractivity contribution >= 4 is 12.2 Å². The van der Waals surface area contributed by atoms with E-state index in [2.05, 4.69) is 5.43 Å². The third-order valence-corrected chi connectivity index (χ3v) is 4.17. The van der Waals surface area contributed by atoms with E-state index in [1.54, 1.807) is 48.7 Å². The molecule has 0 aromatic heterocycles. The summed E-state index contributed by atoms with van der Waals surface area (Å²) in [6, 6.07) is 7.25. The molecule has 7 heteroatoms. The maximum Gasteiger partial charge on any atom is 0.429 e. The predicted molar refractivity (Wildman–Crippen MR) is 111 cm³/mol. The van der Waals surface area contributed by atoms with E-state index in [1.165, 1.54) is 5.01 Å². The lowest BCUT2D eigenvalue weighted by molar-refractivity contribution is -0.0100. The quantitative estimate of drug-likeness (QED) is 0.579. The van der Waals surface area contributed by atoms with Crippen molar-refractivity contribution in [3.05, 3.63) is 42.0 Å². The highest BCUT2D eigenvalue weighted by atomic mass is 16.6. The molecule has 0 saturated carbocycles. The minimum absolute atomic E-state index is 0.173. The molecule has 0 saturated heterocycles. The molecule has 0 heterocycles. The number of carbonyl (C=O) groups is 2. The van der Waals surface area contributed by atoms with Crippen LogP contribution in [0.2, 0.25) is 0 Å². The van der Waals surface area contributed by atoms with Gasteiger partial charge in [-0.1, -0.05) is 30.4 Å². The second-order valence-electron chi connectivity index (χ2n) is 8.96. The van der Waals surface area contributed by atoms with E-state index in [9.17, 15) is 9.59 Å². The molecule has 0 aliphatic heterocycles. The van der Waals surface area contributed by atoms with Crippen LogP contribution in [-0.2, 0) is 9.47 Å². The molecule has 2 amide bonds. The molecule has 0 spiro atoms. The standard InChI is InChI=1S/C22H32N2O5/c1-21(2,3)28-19(25)23-24(20(26)29-22(4,5)6)17-13-10-12-15(17)16-11-8-9-14-18(16)27-7/h8-12,14-15,17H,13H2,1-7H3,(H,23,25)/t15-,17+/m0/s1. The summed E-state index contributed by atoms with van der Waals surface area (Å²) in [5, 5.41) is 1.23. The van der Waals surface area contributed by atoms with Crippen LogP contribution < -0.4 is 10.2 Å². The molecule has 1 N–H and O–H groups in total. The fourth-order valence-electron chi connectivity index (χ4n) is 3.13. The van der Waals surface area contributed by atoms with E-state index in [4.69, 9.17) is 14.2 Å². The van der Waals surface area contributed by atoms with Crippen molar-refractivity contribution in [1.82, 2.24) is 10.4 Å². The van der Waals surface area contributed by atoms with E-state index >= 15 is 0 Å². The van der Waals surface area contributed by atoms with Crippen LogP contribution in [0.3, 0.4) is 0 Å². The molecule has 7 nitrogen and oxygen atoms in total. The molecular weight excluding hydrogens is 372 g/mol. The lowest BCUT2D eigenvalue weighted by atomic mass is 9.93. The van der Waals surface area contributed by atoms with E-state index in [0.29, 0.717) is 6.42 Å². The Labute approximate surface area is 173 Å². The smallest absolute Gasteiger partial charge is 0.429 e. The molecule has 29 heavy (non-hydrogen) atoms. The SMILES string of the molecule is COc1ccccc1[C@@H]1C=CC[C@H]1N(NC(=O)OC(C)(C)C)C(=O)OC(C)(C)C. The Bertz CT molecular complexity index is 761. The summed E-state index contributed by atoms with van der Waals surface area (Å²) < 4.78 is 16.4. The first-order valence-corrected chi connectivity index (χ1v) is 9.73. The highest BCUT2D eigenvalue weighted by molar-refractivity contribution is 5.75. The summed E-state index contributed by atoms with van der Waals surface area (Å²) in [6.45, 7) is 10.6. The average molecular weight is 405 g/mol. The molecule has 1 aliphatic rings. The van der Waals surface area contributed by atoms with Crippen molar-refractivity contribution in [1.29, 1.82) is 0 Å². The molecular formula is C22H32N2O5. The fourth-order valence-corrected chi connectivity index (χ4v) is 3.13. The number of nitrogens with one attached hydrogen (secondary N) is 1. The highest BCUT2D eigenvalue weighted by Crippen LogP contribution is 2.37. The fraction of sp³-hybridized carbons (Fsp3) is 0.545. The maximum absolute atomic E-state index is 13.0. The van der Waals surface area contributed by atoms with Gasteiger partial charge < -0.3 is 14.2 Å². The van der Waals surface area contributed by atoms with Crippen LogP contribution in [0, 0.1) is 0 Å².